The highest BCUT2D eigenvalue weighted by atomic mass is 16.4. The summed E-state index contributed by atoms with van der Waals surface area (Å²) in [5.74, 6) is -3.45. The van der Waals surface area contributed by atoms with E-state index < -0.39 is 54.5 Å². The Kier molecular flexibility index (Phi) is 10.7. The Labute approximate surface area is 225 Å². The predicted molar refractivity (Wildman–Crippen MR) is 141 cm³/mol. The van der Waals surface area contributed by atoms with Gasteiger partial charge in [0.2, 0.25) is 17.7 Å². The van der Waals surface area contributed by atoms with Crippen LogP contribution in [0.5, 0.6) is 0 Å². The highest BCUT2D eigenvalue weighted by molar-refractivity contribution is 5.94. The normalized spacial score (nSPS) is 13.9. The van der Waals surface area contributed by atoms with E-state index in [0.29, 0.717) is 11.3 Å². The van der Waals surface area contributed by atoms with Crippen molar-refractivity contribution >= 4 is 23.7 Å². The van der Waals surface area contributed by atoms with Gasteiger partial charge in [0, 0.05) is 31.2 Å². The molecule has 4 atom stereocenters. The molecule has 206 valence electrons. The van der Waals surface area contributed by atoms with Gasteiger partial charge in [-0.25, -0.2) is 9.78 Å². The van der Waals surface area contributed by atoms with Gasteiger partial charge in [0.05, 0.1) is 19.0 Å². The van der Waals surface area contributed by atoms with Gasteiger partial charge in [-0.2, -0.15) is 0 Å². The van der Waals surface area contributed by atoms with Gasteiger partial charge in [0.25, 0.3) is 0 Å². The summed E-state index contributed by atoms with van der Waals surface area (Å²) in [5, 5.41) is 26.2. The number of carboxylic acids is 1. The van der Waals surface area contributed by atoms with Gasteiger partial charge in [-0.3, -0.25) is 14.4 Å². The molecule has 8 N–H and O–H groups in total. The number of amides is 3. The second kappa shape index (κ2) is 14.4. The highest BCUT2D eigenvalue weighted by Crippen LogP contribution is 2.08. The van der Waals surface area contributed by atoms with Gasteiger partial charge in [0.1, 0.15) is 18.1 Å². The molecule has 12 nitrogen and oxygen atoms in total. The van der Waals surface area contributed by atoms with Crippen LogP contribution in [-0.2, 0) is 38.4 Å². The molecule has 39 heavy (non-hydrogen) atoms. The summed E-state index contributed by atoms with van der Waals surface area (Å²) in [6.07, 6.45) is 3.34. The molecule has 0 saturated heterocycles. The number of benzene rings is 2. The maximum absolute atomic E-state index is 13.5. The monoisotopic (exact) mass is 536 g/mol. The summed E-state index contributed by atoms with van der Waals surface area (Å²) in [5.41, 5.74) is 8.18. The fourth-order valence-electron chi connectivity index (χ4n) is 3.85. The molecule has 0 spiro atoms. The first-order chi connectivity index (χ1) is 18.8. The number of nitrogens with two attached hydrogens (primary N) is 1. The van der Waals surface area contributed by atoms with Crippen molar-refractivity contribution in [2.24, 2.45) is 5.73 Å². The van der Waals surface area contributed by atoms with Crippen LogP contribution in [0.25, 0.3) is 0 Å². The lowest BCUT2D eigenvalue weighted by atomic mass is 10.0. The van der Waals surface area contributed by atoms with Crippen LogP contribution < -0.4 is 21.7 Å². The van der Waals surface area contributed by atoms with E-state index in [9.17, 15) is 29.4 Å². The Hall–Kier alpha value is -4.55. The Morgan fingerprint density at radius 1 is 0.769 bits per heavy atom. The number of aromatic amines is 1. The summed E-state index contributed by atoms with van der Waals surface area (Å²) >= 11 is 0. The van der Waals surface area contributed by atoms with E-state index in [-0.39, 0.29) is 19.3 Å². The number of nitrogens with one attached hydrogen (secondary N) is 4. The van der Waals surface area contributed by atoms with Crippen LogP contribution in [0.4, 0.5) is 0 Å². The van der Waals surface area contributed by atoms with Gasteiger partial charge >= 0.3 is 5.97 Å². The Morgan fingerprint density at radius 2 is 1.26 bits per heavy atom. The third kappa shape index (κ3) is 9.05. The number of H-pyrrole nitrogens is 1. The molecule has 1 aromatic heterocycles. The second-order valence-corrected chi connectivity index (χ2v) is 8.97. The molecule has 0 fully saturated rings. The molecule has 12 heteroatoms. The summed E-state index contributed by atoms with van der Waals surface area (Å²) in [4.78, 5) is 57.6. The van der Waals surface area contributed by atoms with Gasteiger partial charge in [0.15, 0.2) is 0 Å². The average molecular weight is 537 g/mol. The van der Waals surface area contributed by atoms with Crippen LogP contribution in [0.15, 0.2) is 73.2 Å². The quantitative estimate of drug-likeness (QED) is 0.140. The molecule has 0 radical (unpaired) electrons. The number of imidazole rings is 1. The van der Waals surface area contributed by atoms with E-state index in [1.165, 1.54) is 6.33 Å². The zero-order valence-electron chi connectivity index (χ0n) is 21.1. The predicted octanol–water partition coefficient (Wildman–Crippen LogP) is -0.704. The largest absolute Gasteiger partial charge is 0.480 e. The maximum Gasteiger partial charge on any atom is 0.328 e. The summed E-state index contributed by atoms with van der Waals surface area (Å²) in [6.45, 7) is -0.825. The lowest BCUT2D eigenvalue weighted by molar-refractivity contribution is -0.143. The second-order valence-electron chi connectivity index (χ2n) is 8.97. The van der Waals surface area contributed by atoms with Crippen molar-refractivity contribution in [1.82, 2.24) is 25.9 Å². The van der Waals surface area contributed by atoms with E-state index in [0.717, 1.165) is 5.56 Å². The molecule has 3 amide bonds. The molecule has 3 rings (SSSR count). The average Bonchev–Trinajstić information content (AvgIpc) is 3.44. The molecule has 4 unspecified atom stereocenters. The molecule has 0 saturated carbocycles. The number of aromatic nitrogens is 2. The Balaban J connectivity index is 1.80. The molecule has 1 heterocycles. The molecular formula is C27H32N6O6. The summed E-state index contributed by atoms with van der Waals surface area (Å²) in [6, 6.07) is 13.0. The molecule has 0 aliphatic heterocycles. The minimum atomic E-state index is -1.55. The summed E-state index contributed by atoms with van der Waals surface area (Å²) < 4.78 is 0. The van der Waals surface area contributed by atoms with E-state index in [1.807, 2.05) is 6.07 Å². The molecule has 0 aliphatic carbocycles. The zero-order valence-corrected chi connectivity index (χ0v) is 21.1. The lowest BCUT2D eigenvalue weighted by Gasteiger charge is -2.25. The summed E-state index contributed by atoms with van der Waals surface area (Å²) in [7, 11) is 0. The lowest BCUT2D eigenvalue weighted by Crippen LogP contribution is -2.58. The molecule has 0 bridgehead atoms. The van der Waals surface area contributed by atoms with Crippen LogP contribution in [0.1, 0.15) is 16.8 Å². The smallest absolute Gasteiger partial charge is 0.328 e. The maximum atomic E-state index is 13.5. The number of aliphatic carboxylic acids is 1. The molecule has 0 aliphatic rings. The number of aliphatic hydroxyl groups excluding tert-OH is 1. The SMILES string of the molecule is NC(Cc1cnc[nH]1)C(=O)NC(Cc1ccccc1)C(=O)NC(Cc1ccccc1)C(=O)NC(CO)C(=O)O. The standard InChI is InChI=1S/C27H32N6O6/c28-20(13-19-14-29-16-30-19)24(35)31-21(11-17-7-3-1-4-8-17)25(36)32-22(12-18-9-5-2-6-10-18)26(37)33-23(15-34)27(38)39/h1-10,14,16,20-23,34H,11-13,15,28H2,(H,29,30)(H,31,35)(H,32,36)(H,33,37)(H,38,39). The van der Waals surface area contributed by atoms with Crippen molar-refractivity contribution in [3.8, 4) is 0 Å². The molecule has 3 aromatic rings. The highest BCUT2D eigenvalue weighted by Gasteiger charge is 2.30. The first kappa shape index (κ1) is 29.0. The van der Waals surface area contributed by atoms with Crippen molar-refractivity contribution < 1.29 is 29.4 Å². The zero-order chi connectivity index (χ0) is 28.2. The molecular weight excluding hydrogens is 504 g/mol. The Morgan fingerprint density at radius 3 is 1.69 bits per heavy atom. The van der Waals surface area contributed by atoms with Crippen molar-refractivity contribution in [1.29, 1.82) is 0 Å². The number of hydrogen-bond acceptors (Lipinski definition) is 7. The van der Waals surface area contributed by atoms with Crippen LogP contribution in [0, 0.1) is 0 Å². The molecule has 2 aromatic carbocycles. The number of nitrogens with zero attached hydrogens (tertiary/aromatic N) is 1. The van der Waals surface area contributed by atoms with E-state index >= 15 is 0 Å². The minimum Gasteiger partial charge on any atom is -0.480 e. The van der Waals surface area contributed by atoms with Crippen LogP contribution in [-0.4, -0.2) is 74.6 Å². The van der Waals surface area contributed by atoms with Gasteiger partial charge in [-0.05, 0) is 11.1 Å². The first-order valence-corrected chi connectivity index (χ1v) is 12.3. The fraction of sp³-hybridized carbons (Fsp3) is 0.296. The van der Waals surface area contributed by atoms with E-state index in [2.05, 4.69) is 25.9 Å². The van der Waals surface area contributed by atoms with Gasteiger partial charge in [-0.1, -0.05) is 60.7 Å². The third-order valence-electron chi connectivity index (χ3n) is 5.96. The minimum absolute atomic E-state index is 0.0432. The fourth-order valence-corrected chi connectivity index (χ4v) is 3.85. The van der Waals surface area contributed by atoms with Crippen molar-refractivity contribution in [3.05, 3.63) is 90.0 Å². The number of aliphatic hydroxyl groups is 1. The Bertz CT molecular complexity index is 1220. The van der Waals surface area contributed by atoms with Crippen LogP contribution in [0.3, 0.4) is 0 Å². The van der Waals surface area contributed by atoms with Crippen LogP contribution in [0.2, 0.25) is 0 Å². The first-order valence-electron chi connectivity index (χ1n) is 12.3. The number of carbonyl (C=O) groups excluding carboxylic acids is 3. The van der Waals surface area contributed by atoms with Gasteiger partial charge in [-0.15, -0.1) is 0 Å². The van der Waals surface area contributed by atoms with Crippen molar-refractivity contribution in [2.75, 3.05) is 6.61 Å². The number of carboxylic acid groups (broad SMARTS) is 1. The van der Waals surface area contributed by atoms with Gasteiger partial charge < -0.3 is 36.9 Å². The van der Waals surface area contributed by atoms with Crippen molar-refractivity contribution in [3.63, 3.8) is 0 Å². The van der Waals surface area contributed by atoms with Crippen molar-refractivity contribution in [2.45, 2.75) is 43.4 Å². The van der Waals surface area contributed by atoms with E-state index in [4.69, 9.17) is 5.73 Å². The number of hydrogen-bond donors (Lipinski definition) is 7. The van der Waals surface area contributed by atoms with E-state index in [1.54, 1.807) is 60.8 Å². The van der Waals surface area contributed by atoms with Crippen LogP contribution >= 0.6 is 0 Å². The third-order valence-corrected chi connectivity index (χ3v) is 5.96. The number of carbonyl (C=O) groups is 4. The number of rotatable bonds is 14. The topological polar surface area (TPSA) is 200 Å².